The maximum absolute atomic E-state index is 14.4. The van der Waals surface area contributed by atoms with Gasteiger partial charge in [-0.25, -0.2) is 9.78 Å². The highest BCUT2D eigenvalue weighted by Gasteiger charge is 2.41. The molecule has 3 aliphatic heterocycles. The van der Waals surface area contributed by atoms with Gasteiger partial charge in [-0.05, 0) is 68.1 Å². The van der Waals surface area contributed by atoms with E-state index in [0.29, 0.717) is 48.5 Å². The van der Waals surface area contributed by atoms with Crippen LogP contribution in [-0.4, -0.2) is 91.2 Å². The minimum absolute atomic E-state index is 0.157. The quantitative estimate of drug-likeness (QED) is 0.233. The number of para-hydroxylation sites is 1. The van der Waals surface area contributed by atoms with E-state index in [1.54, 1.807) is 28.0 Å². The SMILES string of the molecule is C=CC(=O)N1CC[C@H](N2C(=O)N(c3ccc(Oc4ccccc4)cc3)Cc3cnc(Nc4ccc(N5CCN(C)CC5)cc4OC)nc32)C1. The number of methoxy groups -OCH3 is 1. The molecule has 2 fully saturated rings. The molecule has 4 aromatic rings. The molecule has 0 saturated carbocycles. The second-order valence-electron chi connectivity index (χ2n) is 12.4. The Bertz CT molecular complexity index is 1830. The van der Waals surface area contributed by atoms with Crippen molar-refractivity contribution in [2.45, 2.75) is 19.0 Å². The Labute approximate surface area is 286 Å². The zero-order chi connectivity index (χ0) is 33.9. The van der Waals surface area contributed by atoms with Gasteiger partial charge >= 0.3 is 6.03 Å². The van der Waals surface area contributed by atoms with Gasteiger partial charge in [-0.1, -0.05) is 24.8 Å². The number of rotatable bonds is 9. The molecule has 3 aromatic carbocycles. The van der Waals surface area contributed by atoms with Crippen molar-refractivity contribution >= 4 is 40.8 Å². The van der Waals surface area contributed by atoms with E-state index in [-0.39, 0.29) is 24.5 Å². The van der Waals surface area contributed by atoms with E-state index in [1.165, 1.54) is 6.08 Å². The van der Waals surface area contributed by atoms with Gasteiger partial charge in [0.1, 0.15) is 23.1 Å². The highest BCUT2D eigenvalue weighted by molar-refractivity contribution is 6.06. The summed E-state index contributed by atoms with van der Waals surface area (Å²) in [6.45, 7) is 8.74. The minimum atomic E-state index is -0.279. The molecule has 0 aliphatic carbocycles. The third kappa shape index (κ3) is 6.72. The van der Waals surface area contributed by atoms with Crippen LogP contribution in [0.3, 0.4) is 0 Å². The molecule has 12 heteroatoms. The van der Waals surface area contributed by atoms with Crippen molar-refractivity contribution in [3.8, 4) is 17.2 Å². The van der Waals surface area contributed by atoms with Crippen LogP contribution in [0.25, 0.3) is 0 Å². The van der Waals surface area contributed by atoms with Crippen LogP contribution < -0.4 is 29.5 Å². The normalized spacial score (nSPS) is 17.9. The molecular formula is C37H40N8O4. The van der Waals surface area contributed by atoms with Gasteiger partial charge in [0.2, 0.25) is 11.9 Å². The van der Waals surface area contributed by atoms with E-state index < -0.39 is 0 Å². The fourth-order valence-electron chi connectivity index (χ4n) is 6.53. The zero-order valence-electron chi connectivity index (χ0n) is 27.8. The highest BCUT2D eigenvalue weighted by Crippen LogP contribution is 2.37. The van der Waals surface area contributed by atoms with Crippen LogP contribution in [0.5, 0.6) is 17.2 Å². The summed E-state index contributed by atoms with van der Waals surface area (Å²) in [4.78, 5) is 46.2. The molecule has 1 atom stereocenters. The van der Waals surface area contributed by atoms with Gasteiger partial charge in [0.05, 0.1) is 25.4 Å². The first-order chi connectivity index (χ1) is 23.9. The van der Waals surface area contributed by atoms with Crippen molar-refractivity contribution in [3.05, 3.63) is 97.2 Å². The number of likely N-dealkylation sites (N-methyl/N-ethyl adjacent to an activating group) is 1. The van der Waals surface area contributed by atoms with Gasteiger partial charge in [0.25, 0.3) is 0 Å². The first-order valence-electron chi connectivity index (χ1n) is 16.5. The molecule has 0 radical (unpaired) electrons. The number of hydrogen-bond donors (Lipinski definition) is 1. The number of nitrogens with one attached hydrogen (secondary N) is 1. The van der Waals surface area contributed by atoms with Crippen molar-refractivity contribution in [1.29, 1.82) is 0 Å². The molecule has 0 bridgehead atoms. The summed E-state index contributed by atoms with van der Waals surface area (Å²) in [7, 11) is 3.78. The van der Waals surface area contributed by atoms with Crippen LogP contribution >= 0.6 is 0 Å². The summed E-state index contributed by atoms with van der Waals surface area (Å²) in [5.41, 5.74) is 3.32. The van der Waals surface area contributed by atoms with Crippen LogP contribution in [0.2, 0.25) is 0 Å². The third-order valence-electron chi connectivity index (χ3n) is 9.28. The summed E-state index contributed by atoms with van der Waals surface area (Å²) in [6.07, 6.45) is 3.68. The Morgan fingerprint density at radius 3 is 2.43 bits per heavy atom. The lowest BCUT2D eigenvalue weighted by atomic mass is 10.1. The monoisotopic (exact) mass is 660 g/mol. The number of carbonyl (C=O) groups is 2. The Kier molecular flexibility index (Phi) is 9.03. The van der Waals surface area contributed by atoms with E-state index >= 15 is 0 Å². The summed E-state index contributed by atoms with van der Waals surface area (Å²) in [6, 6.07) is 22.6. The van der Waals surface area contributed by atoms with Gasteiger partial charge in [-0.3, -0.25) is 14.6 Å². The standard InChI is InChI=1S/C37H40N8O4/c1-4-34(46)43-17-16-29(25-43)45-35-26(24-44(37(45)47)27-10-13-31(14-11-27)49-30-8-6-5-7-9-30)23-38-36(40-35)39-32-15-12-28(22-33(32)48-3)42-20-18-41(2)19-21-42/h4-15,22-23,29H,1,16-21,24-25H2,2-3H3,(H,38,39,40)/t29-/m0/s1. The molecule has 2 saturated heterocycles. The maximum Gasteiger partial charge on any atom is 0.330 e. The average molecular weight is 661 g/mol. The lowest BCUT2D eigenvalue weighted by Gasteiger charge is -2.39. The number of carbonyl (C=O) groups excluding carboxylic acids is 2. The van der Waals surface area contributed by atoms with E-state index in [4.69, 9.17) is 14.5 Å². The molecule has 7 rings (SSSR count). The van der Waals surface area contributed by atoms with Crippen molar-refractivity contribution in [3.63, 3.8) is 0 Å². The van der Waals surface area contributed by atoms with Crippen molar-refractivity contribution < 1.29 is 19.1 Å². The predicted octanol–water partition coefficient (Wildman–Crippen LogP) is 5.51. The van der Waals surface area contributed by atoms with Crippen LogP contribution in [-0.2, 0) is 11.3 Å². The summed E-state index contributed by atoms with van der Waals surface area (Å²) >= 11 is 0. The molecule has 12 nitrogen and oxygen atoms in total. The molecule has 49 heavy (non-hydrogen) atoms. The Balaban J connectivity index is 1.16. The van der Waals surface area contributed by atoms with Crippen molar-refractivity contribution in [2.24, 2.45) is 0 Å². The number of piperazine rings is 1. The number of benzene rings is 3. The van der Waals surface area contributed by atoms with Crippen LogP contribution in [0.4, 0.5) is 33.6 Å². The molecular weight excluding hydrogens is 620 g/mol. The summed E-state index contributed by atoms with van der Waals surface area (Å²) in [5.74, 6) is 2.77. The van der Waals surface area contributed by atoms with Gasteiger partial charge in [-0.15, -0.1) is 0 Å². The number of nitrogens with zero attached hydrogens (tertiary/aromatic N) is 7. The smallest absolute Gasteiger partial charge is 0.330 e. The van der Waals surface area contributed by atoms with E-state index in [1.807, 2.05) is 66.7 Å². The van der Waals surface area contributed by atoms with Gasteiger partial charge in [0, 0.05) is 68.5 Å². The number of urea groups is 1. The zero-order valence-corrected chi connectivity index (χ0v) is 27.8. The number of anilines is 5. The number of amides is 3. The Morgan fingerprint density at radius 1 is 0.959 bits per heavy atom. The van der Waals surface area contributed by atoms with Gasteiger partial charge in [0.15, 0.2) is 0 Å². The fourth-order valence-corrected chi connectivity index (χ4v) is 6.53. The molecule has 3 aliphatic rings. The summed E-state index contributed by atoms with van der Waals surface area (Å²) in [5, 5.41) is 3.32. The van der Waals surface area contributed by atoms with Crippen molar-refractivity contribution in [1.82, 2.24) is 19.8 Å². The first-order valence-corrected chi connectivity index (χ1v) is 16.5. The molecule has 0 unspecified atom stereocenters. The largest absolute Gasteiger partial charge is 0.494 e. The number of likely N-dealkylation sites (tertiary alicyclic amines) is 1. The van der Waals surface area contributed by atoms with E-state index in [0.717, 1.165) is 48.9 Å². The van der Waals surface area contributed by atoms with Crippen LogP contribution in [0.1, 0.15) is 12.0 Å². The minimum Gasteiger partial charge on any atom is -0.494 e. The molecule has 0 spiro atoms. The number of fused-ring (bicyclic) bond motifs is 1. The van der Waals surface area contributed by atoms with Crippen molar-refractivity contribution in [2.75, 3.05) is 73.4 Å². The number of ether oxygens (including phenoxy) is 2. The lowest BCUT2D eigenvalue weighted by Crippen LogP contribution is -2.53. The molecule has 1 N–H and O–H groups in total. The van der Waals surface area contributed by atoms with Crippen LogP contribution in [0.15, 0.2) is 91.6 Å². The van der Waals surface area contributed by atoms with E-state index in [2.05, 4.69) is 39.8 Å². The first kappa shape index (κ1) is 32.0. The van der Waals surface area contributed by atoms with E-state index in [9.17, 15) is 9.59 Å². The Hall–Kier alpha value is -5.62. The fraction of sp³-hybridized carbons (Fsp3) is 0.297. The van der Waals surface area contributed by atoms with Crippen LogP contribution in [0, 0.1) is 0 Å². The highest BCUT2D eigenvalue weighted by atomic mass is 16.5. The Morgan fingerprint density at radius 2 is 1.69 bits per heavy atom. The predicted molar refractivity (Wildman–Crippen MR) is 190 cm³/mol. The third-order valence-corrected chi connectivity index (χ3v) is 9.28. The second kappa shape index (κ2) is 13.9. The summed E-state index contributed by atoms with van der Waals surface area (Å²) < 4.78 is 11.7. The average Bonchev–Trinajstić information content (AvgIpc) is 3.62. The molecule has 1 aromatic heterocycles. The maximum atomic E-state index is 14.4. The molecule has 3 amide bonds. The number of hydrogen-bond acceptors (Lipinski definition) is 9. The molecule has 252 valence electrons. The topological polar surface area (TPSA) is 107 Å². The van der Waals surface area contributed by atoms with Gasteiger partial charge < -0.3 is 29.5 Å². The number of aromatic nitrogens is 2. The lowest BCUT2D eigenvalue weighted by molar-refractivity contribution is -0.125. The van der Waals surface area contributed by atoms with Gasteiger partial charge in [-0.2, -0.15) is 4.98 Å². The second-order valence-corrected chi connectivity index (χ2v) is 12.4. The molecule has 4 heterocycles.